The van der Waals surface area contributed by atoms with E-state index in [1.165, 1.54) is 19.1 Å². The van der Waals surface area contributed by atoms with Crippen molar-refractivity contribution in [1.82, 2.24) is 0 Å². The minimum Gasteiger partial charge on any atom is -0.460 e. The summed E-state index contributed by atoms with van der Waals surface area (Å²) in [5.74, 6) is -0.806. The molecule has 1 unspecified atom stereocenters. The maximum Gasteiger partial charge on any atom is 0.348 e. The van der Waals surface area contributed by atoms with E-state index < -0.39 is 11.6 Å². The smallest absolute Gasteiger partial charge is 0.348 e. The third kappa shape index (κ3) is 2.63. The van der Waals surface area contributed by atoms with Crippen molar-refractivity contribution in [2.24, 2.45) is 0 Å². The molecule has 1 aliphatic carbocycles. The number of benzene rings is 1. The highest BCUT2D eigenvalue weighted by molar-refractivity contribution is 5.81. The number of alkyl halides is 1. The molecule has 2 N–H and O–H groups in total. The minimum absolute atomic E-state index is 0.124. The molecule has 0 aromatic heterocycles. The van der Waals surface area contributed by atoms with Gasteiger partial charge in [0.05, 0.1) is 0 Å². The zero-order chi connectivity index (χ0) is 13.2. The largest absolute Gasteiger partial charge is 0.460 e. The number of halogens is 1. The first-order valence-corrected chi connectivity index (χ1v) is 6.26. The Morgan fingerprint density at radius 3 is 2.44 bits per heavy atom. The fourth-order valence-corrected chi connectivity index (χ4v) is 2.18. The molecule has 1 atom stereocenters. The lowest BCUT2D eigenvalue weighted by atomic mass is 9.98. The molecule has 4 heteroatoms. The molecule has 98 valence electrons. The van der Waals surface area contributed by atoms with Crippen LogP contribution in [0.1, 0.15) is 38.2 Å². The van der Waals surface area contributed by atoms with Crippen molar-refractivity contribution < 1.29 is 13.9 Å². The highest BCUT2D eigenvalue weighted by Gasteiger charge is 2.38. The number of rotatable bonds is 3. The number of anilines is 1. The third-order valence-electron chi connectivity index (χ3n) is 3.41. The molecule has 2 rings (SSSR count). The van der Waals surface area contributed by atoms with Gasteiger partial charge in [0.25, 0.3) is 0 Å². The number of hydrogen-bond donors (Lipinski definition) is 1. The number of hydrogen-bond acceptors (Lipinski definition) is 3. The number of carbonyl (C=O) groups excluding carboxylic acids is 1. The molecule has 0 bridgehead atoms. The van der Waals surface area contributed by atoms with Gasteiger partial charge in [0.2, 0.25) is 5.67 Å². The van der Waals surface area contributed by atoms with Gasteiger partial charge in [-0.2, -0.15) is 0 Å². The van der Waals surface area contributed by atoms with Gasteiger partial charge in [-0.05, 0) is 44.7 Å². The third-order valence-corrected chi connectivity index (χ3v) is 3.41. The maximum atomic E-state index is 14.5. The normalized spacial score (nSPS) is 19.4. The van der Waals surface area contributed by atoms with Crippen LogP contribution in [0.4, 0.5) is 10.1 Å². The molecule has 0 heterocycles. The van der Waals surface area contributed by atoms with E-state index in [9.17, 15) is 9.18 Å². The first-order chi connectivity index (χ1) is 8.50. The Bertz CT molecular complexity index is 422. The zero-order valence-electron chi connectivity index (χ0n) is 10.5. The summed E-state index contributed by atoms with van der Waals surface area (Å²) in [6.07, 6.45) is 3.64. The van der Waals surface area contributed by atoms with Crippen LogP contribution in [0.15, 0.2) is 24.3 Å². The van der Waals surface area contributed by atoms with Crippen LogP contribution in [-0.4, -0.2) is 12.1 Å². The van der Waals surface area contributed by atoms with E-state index in [0.717, 1.165) is 25.7 Å². The van der Waals surface area contributed by atoms with E-state index in [1.807, 2.05) is 0 Å². The molecule has 3 nitrogen and oxygen atoms in total. The van der Waals surface area contributed by atoms with Gasteiger partial charge in [-0.3, -0.25) is 0 Å². The summed E-state index contributed by atoms with van der Waals surface area (Å²) in [6.45, 7) is 1.23. The summed E-state index contributed by atoms with van der Waals surface area (Å²) < 4.78 is 19.7. The van der Waals surface area contributed by atoms with Crippen molar-refractivity contribution in [3.05, 3.63) is 29.8 Å². The van der Waals surface area contributed by atoms with Gasteiger partial charge in [-0.25, -0.2) is 9.18 Å². The van der Waals surface area contributed by atoms with E-state index in [4.69, 9.17) is 10.5 Å². The number of esters is 1. The summed E-state index contributed by atoms with van der Waals surface area (Å²) in [5, 5.41) is 0. The predicted octanol–water partition coefficient (Wildman–Crippen LogP) is 2.94. The van der Waals surface area contributed by atoms with Crippen LogP contribution in [0.5, 0.6) is 0 Å². The molecule has 1 saturated carbocycles. The average molecular weight is 251 g/mol. The molecule has 1 aliphatic rings. The monoisotopic (exact) mass is 251 g/mol. The van der Waals surface area contributed by atoms with Gasteiger partial charge in [0, 0.05) is 11.3 Å². The Morgan fingerprint density at radius 2 is 1.89 bits per heavy atom. The maximum absolute atomic E-state index is 14.5. The highest BCUT2D eigenvalue weighted by Crippen LogP contribution is 2.30. The molecule has 18 heavy (non-hydrogen) atoms. The van der Waals surface area contributed by atoms with Crippen LogP contribution >= 0.6 is 0 Å². The van der Waals surface area contributed by atoms with Crippen LogP contribution in [0, 0.1) is 0 Å². The Morgan fingerprint density at radius 1 is 1.33 bits per heavy atom. The second-order valence-corrected chi connectivity index (χ2v) is 4.94. The molecule has 0 saturated heterocycles. The fraction of sp³-hybridized carbons (Fsp3) is 0.500. The number of ether oxygens (including phenoxy) is 1. The van der Waals surface area contributed by atoms with E-state index in [2.05, 4.69) is 0 Å². The summed E-state index contributed by atoms with van der Waals surface area (Å²) >= 11 is 0. The second-order valence-electron chi connectivity index (χ2n) is 4.94. The first-order valence-electron chi connectivity index (χ1n) is 6.26. The molecule has 1 fully saturated rings. The van der Waals surface area contributed by atoms with Crippen molar-refractivity contribution >= 4 is 11.7 Å². The Hall–Kier alpha value is -1.58. The predicted molar refractivity (Wildman–Crippen MR) is 67.7 cm³/mol. The SMILES string of the molecule is CC(F)(C(=O)OC1CCCC1)c1ccc(N)cc1. The van der Waals surface area contributed by atoms with Gasteiger partial charge in [-0.15, -0.1) is 0 Å². The van der Waals surface area contributed by atoms with Gasteiger partial charge >= 0.3 is 5.97 Å². The average Bonchev–Trinajstić information content (AvgIpc) is 2.82. The van der Waals surface area contributed by atoms with Gasteiger partial charge in [0.15, 0.2) is 0 Å². The molecule has 0 aliphatic heterocycles. The lowest BCUT2D eigenvalue weighted by Crippen LogP contribution is -2.32. The molecule has 0 spiro atoms. The van der Waals surface area contributed by atoms with Crippen LogP contribution < -0.4 is 5.73 Å². The molecular formula is C14H18FNO2. The Labute approximate surface area is 106 Å². The summed E-state index contributed by atoms with van der Waals surface area (Å²) in [7, 11) is 0. The van der Waals surface area contributed by atoms with E-state index in [0.29, 0.717) is 5.69 Å². The topological polar surface area (TPSA) is 52.3 Å². The molecule has 0 amide bonds. The highest BCUT2D eigenvalue weighted by atomic mass is 19.1. The molecule has 0 radical (unpaired) electrons. The first kappa shape index (κ1) is 12.9. The lowest BCUT2D eigenvalue weighted by molar-refractivity contribution is -0.162. The summed E-state index contributed by atoms with van der Waals surface area (Å²) in [5.41, 5.74) is 4.24. The fourth-order valence-electron chi connectivity index (χ4n) is 2.18. The van der Waals surface area contributed by atoms with Gasteiger partial charge in [0.1, 0.15) is 6.10 Å². The lowest BCUT2D eigenvalue weighted by Gasteiger charge is -2.22. The number of nitrogen functional groups attached to an aromatic ring is 1. The molecule has 1 aromatic rings. The van der Waals surface area contributed by atoms with Crippen molar-refractivity contribution in [3.63, 3.8) is 0 Å². The van der Waals surface area contributed by atoms with Crippen LogP contribution in [0.3, 0.4) is 0 Å². The standard InChI is InChI=1S/C14H18FNO2/c1-14(15,10-6-8-11(16)9-7-10)13(17)18-12-4-2-3-5-12/h6-9,12H,2-5,16H2,1H3. The Kier molecular flexibility index (Phi) is 3.55. The zero-order valence-corrected chi connectivity index (χ0v) is 10.5. The van der Waals surface area contributed by atoms with Crippen molar-refractivity contribution in [2.75, 3.05) is 5.73 Å². The minimum atomic E-state index is -2.11. The van der Waals surface area contributed by atoms with E-state index in [1.54, 1.807) is 12.1 Å². The summed E-state index contributed by atoms with van der Waals surface area (Å²) in [4.78, 5) is 11.9. The van der Waals surface area contributed by atoms with Gasteiger partial charge in [-0.1, -0.05) is 12.1 Å². The molecular weight excluding hydrogens is 233 g/mol. The van der Waals surface area contributed by atoms with Crippen molar-refractivity contribution in [3.8, 4) is 0 Å². The van der Waals surface area contributed by atoms with E-state index in [-0.39, 0.29) is 11.7 Å². The van der Waals surface area contributed by atoms with E-state index >= 15 is 0 Å². The van der Waals surface area contributed by atoms with Crippen molar-refractivity contribution in [1.29, 1.82) is 0 Å². The number of nitrogens with two attached hydrogens (primary N) is 1. The van der Waals surface area contributed by atoms with Crippen LogP contribution in [0.2, 0.25) is 0 Å². The van der Waals surface area contributed by atoms with Gasteiger partial charge < -0.3 is 10.5 Å². The van der Waals surface area contributed by atoms with Crippen molar-refractivity contribution in [2.45, 2.75) is 44.4 Å². The van der Waals surface area contributed by atoms with Crippen LogP contribution in [-0.2, 0) is 15.2 Å². The number of carbonyl (C=O) groups is 1. The molecule has 1 aromatic carbocycles. The second kappa shape index (κ2) is 4.96. The summed E-state index contributed by atoms with van der Waals surface area (Å²) in [6, 6.07) is 6.20. The quantitative estimate of drug-likeness (QED) is 0.663. The Balaban J connectivity index is 2.08. The van der Waals surface area contributed by atoms with Crippen LogP contribution in [0.25, 0.3) is 0 Å².